The van der Waals surface area contributed by atoms with Gasteiger partial charge in [0.15, 0.2) is 6.10 Å². The normalized spacial score (nSPS) is 13.7. The number of aliphatic hydroxyl groups excluding tert-OH is 2. The molecule has 104 valence electrons. The molecule has 2 atom stereocenters. The number of hydrogen-bond donors (Lipinski definition) is 4. The standard InChI is InChI=1S/C11H12ClNO6/c1-19-11(18)5-2-4(6(12)3-7(5)13)8(14)9(15)10(16)17/h2-3,8-9,14-15H,13H2,1H3,(H,16,17). The fourth-order valence-corrected chi connectivity index (χ4v) is 1.71. The van der Waals surface area contributed by atoms with Crippen molar-refractivity contribution in [2.24, 2.45) is 0 Å². The second-order valence-electron chi connectivity index (χ2n) is 3.68. The highest BCUT2D eigenvalue weighted by molar-refractivity contribution is 6.32. The molecule has 0 fully saturated rings. The van der Waals surface area contributed by atoms with Crippen molar-refractivity contribution in [3.63, 3.8) is 0 Å². The lowest BCUT2D eigenvalue weighted by Gasteiger charge is -2.17. The van der Waals surface area contributed by atoms with E-state index < -0.39 is 24.1 Å². The number of aliphatic carboxylic acids is 1. The third kappa shape index (κ3) is 3.14. The van der Waals surface area contributed by atoms with Crippen molar-refractivity contribution in [3.05, 3.63) is 28.3 Å². The van der Waals surface area contributed by atoms with Crippen LogP contribution in [0, 0.1) is 0 Å². The topological polar surface area (TPSA) is 130 Å². The van der Waals surface area contributed by atoms with Gasteiger partial charge in [-0.25, -0.2) is 9.59 Å². The number of nitrogen functional groups attached to an aromatic ring is 1. The lowest BCUT2D eigenvalue weighted by atomic mass is 10.0. The van der Waals surface area contributed by atoms with E-state index in [-0.39, 0.29) is 21.8 Å². The van der Waals surface area contributed by atoms with Gasteiger partial charge in [0.1, 0.15) is 6.10 Å². The third-order valence-electron chi connectivity index (χ3n) is 2.44. The van der Waals surface area contributed by atoms with Crippen molar-refractivity contribution < 1.29 is 29.6 Å². The predicted octanol–water partition coefficient (Wildman–Crippen LogP) is 0.188. The van der Waals surface area contributed by atoms with Gasteiger partial charge in [0.05, 0.1) is 12.7 Å². The summed E-state index contributed by atoms with van der Waals surface area (Å²) in [5.41, 5.74) is 5.35. The first-order valence-electron chi connectivity index (χ1n) is 5.05. The van der Waals surface area contributed by atoms with E-state index in [1.807, 2.05) is 0 Å². The van der Waals surface area contributed by atoms with Crippen LogP contribution in [0.15, 0.2) is 12.1 Å². The number of carbonyl (C=O) groups is 2. The number of benzene rings is 1. The molecule has 1 aromatic carbocycles. The van der Waals surface area contributed by atoms with Crippen molar-refractivity contribution >= 4 is 29.2 Å². The van der Waals surface area contributed by atoms with E-state index in [1.54, 1.807) is 0 Å². The van der Waals surface area contributed by atoms with Gasteiger partial charge in [0, 0.05) is 16.3 Å². The number of halogens is 1. The second-order valence-corrected chi connectivity index (χ2v) is 4.09. The molecule has 0 heterocycles. The SMILES string of the molecule is COC(=O)c1cc(C(O)C(O)C(=O)O)c(Cl)cc1N. The minimum Gasteiger partial charge on any atom is -0.479 e. The van der Waals surface area contributed by atoms with Crippen molar-refractivity contribution in [3.8, 4) is 0 Å². The Morgan fingerprint density at radius 1 is 1.37 bits per heavy atom. The Labute approximate surface area is 113 Å². The number of rotatable bonds is 4. The largest absolute Gasteiger partial charge is 0.479 e. The van der Waals surface area contributed by atoms with E-state index in [9.17, 15) is 19.8 Å². The molecule has 0 spiro atoms. The lowest BCUT2D eigenvalue weighted by molar-refractivity contribution is -0.153. The quantitative estimate of drug-likeness (QED) is 0.459. The molecule has 8 heteroatoms. The van der Waals surface area contributed by atoms with Crippen LogP contribution >= 0.6 is 11.6 Å². The Morgan fingerprint density at radius 2 is 1.95 bits per heavy atom. The molecule has 0 aliphatic heterocycles. The third-order valence-corrected chi connectivity index (χ3v) is 2.77. The molecule has 0 aliphatic rings. The van der Waals surface area contributed by atoms with E-state index in [2.05, 4.69) is 4.74 Å². The molecule has 19 heavy (non-hydrogen) atoms. The van der Waals surface area contributed by atoms with Crippen LogP contribution in [0.3, 0.4) is 0 Å². The van der Waals surface area contributed by atoms with Gasteiger partial charge in [0.2, 0.25) is 0 Å². The smallest absolute Gasteiger partial charge is 0.339 e. The molecule has 0 aromatic heterocycles. The van der Waals surface area contributed by atoms with Crippen LogP contribution < -0.4 is 5.73 Å². The first-order chi connectivity index (χ1) is 8.79. The van der Waals surface area contributed by atoms with Crippen LogP contribution in [0.2, 0.25) is 5.02 Å². The summed E-state index contributed by atoms with van der Waals surface area (Å²) >= 11 is 5.80. The fourth-order valence-electron chi connectivity index (χ4n) is 1.42. The number of esters is 1. The van der Waals surface area contributed by atoms with E-state index in [4.69, 9.17) is 22.4 Å². The highest BCUT2D eigenvalue weighted by Gasteiger charge is 2.28. The average Bonchev–Trinajstić information content (AvgIpc) is 2.36. The summed E-state index contributed by atoms with van der Waals surface area (Å²) in [5.74, 6) is -2.40. The number of nitrogens with two attached hydrogens (primary N) is 1. The van der Waals surface area contributed by atoms with Gasteiger partial charge >= 0.3 is 11.9 Å². The van der Waals surface area contributed by atoms with E-state index in [0.29, 0.717) is 0 Å². The first kappa shape index (κ1) is 15.2. The molecule has 5 N–H and O–H groups in total. The second kappa shape index (κ2) is 5.87. The summed E-state index contributed by atoms with van der Waals surface area (Å²) in [6, 6.07) is 2.25. The van der Waals surface area contributed by atoms with Gasteiger partial charge < -0.3 is 25.8 Å². The summed E-state index contributed by atoms with van der Waals surface area (Å²) in [6.07, 6.45) is -3.87. The van der Waals surface area contributed by atoms with Gasteiger partial charge in [-0.2, -0.15) is 0 Å². The zero-order valence-electron chi connectivity index (χ0n) is 9.83. The summed E-state index contributed by atoms with van der Waals surface area (Å²) < 4.78 is 4.48. The molecule has 0 aliphatic carbocycles. The maximum Gasteiger partial charge on any atom is 0.339 e. The van der Waals surface area contributed by atoms with E-state index in [1.165, 1.54) is 6.07 Å². The molecule has 1 aromatic rings. The molecule has 2 unspecified atom stereocenters. The molecular weight excluding hydrogens is 278 g/mol. The summed E-state index contributed by atoms with van der Waals surface area (Å²) in [7, 11) is 1.14. The van der Waals surface area contributed by atoms with Gasteiger partial charge in [-0.05, 0) is 12.1 Å². The number of carboxylic acid groups (broad SMARTS) is 1. The summed E-state index contributed by atoms with van der Waals surface area (Å²) in [6.45, 7) is 0. The Bertz CT molecular complexity index is 518. The molecular formula is C11H12ClNO6. The summed E-state index contributed by atoms with van der Waals surface area (Å²) in [4.78, 5) is 22.0. The van der Waals surface area contributed by atoms with Crippen molar-refractivity contribution in [2.45, 2.75) is 12.2 Å². The van der Waals surface area contributed by atoms with Crippen molar-refractivity contribution in [1.82, 2.24) is 0 Å². The Balaban J connectivity index is 3.28. The maximum absolute atomic E-state index is 11.4. The van der Waals surface area contributed by atoms with Crippen LogP contribution in [0.25, 0.3) is 0 Å². The van der Waals surface area contributed by atoms with Gasteiger partial charge in [0.25, 0.3) is 0 Å². The van der Waals surface area contributed by atoms with Gasteiger partial charge in [-0.3, -0.25) is 0 Å². The number of carboxylic acids is 1. The molecule has 1 rings (SSSR count). The highest BCUT2D eigenvalue weighted by Crippen LogP contribution is 2.30. The van der Waals surface area contributed by atoms with Crippen molar-refractivity contribution in [1.29, 1.82) is 0 Å². The first-order valence-corrected chi connectivity index (χ1v) is 5.43. The fraction of sp³-hybridized carbons (Fsp3) is 0.273. The van der Waals surface area contributed by atoms with Crippen LogP contribution in [-0.4, -0.2) is 40.5 Å². The van der Waals surface area contributed by atoms with E-state index >= 15 is 0 Å². The van der Waals surface area contributed by atoms with Crippen LogP contribution in [0.4, 0.5) is 5.69 Å². The molecule has 0 amide bonds. The number of carbonyl (C=O) groups excluding carboxylic acids is 1. The molecule has 0 saturated carbocycles. The Morgan fingerprint density at radius 3 is 2.42 bits per heavy atom. The lowest BCUT2D eigenvalue weighted by Crippen LogP contribution is -2.28. The van der Waals surface area contributed by atoms with Crippen molar-refractivity contribution in [2.75, 3.05) is 12.8 Å². The average molecular weight is 290 g/mol. The van der Waals surface area contributed by atoms with Crippen LogP contribution in [-0.2, 0) is 9.53 Å². The zero-order chi connectivity index (χ0) is 14.7. The number of anilines is 1. The summed E-state index contributed by atoms with van der Waals surface area (Å²) in [5, 5.41) is 27.5. The Hall–Kier alpha value is -1.83. The molecule has 0 saturated heterocycles. The molecule has 0 bridgehead atoms. The van der Waals surface area contributed by atoms with Gasteiger partial charge in [-0.1, -0.05) is 11.6 Å². The number of methoxy groups -OCH3 is 1. The Kier molecular flexibility index (Phi) is 4.71. The minimum absolute atomic E-state index is 0.0117. The zero-order valence-corrected chi connectivity index (χ0v) is 10.6. The van der Waals surface area contributed by atoms with Gasteiger partial charge in [-0.15, -0.1) is 0 Å². The maximum atomic E-state index is 11.4. The van der Waals surface area contributed by atoms with E-state index in [0.717, 1.165) is 13.2 Å². The monoisotopic (exact) mass is 289 g/mol. The minimum atomic E-state index is -2.08. The molecule has 7 nitrogen and oxygen atoms in total. The number of aliphatic hydroxyl groups is 2. The highest BCUT2D eigenvalue weighted by atomic mass is 35.5. The van der Waals surface area contributed by atoms with Crippen LogP contribution in [0.1, 0.15) is 22.0 Å². The number of ether oxygens (including phenoxy) is 1. The predicted molar refractivity (Wildman–Crippen MR) is 65.8 cm³/mol. The van der Waals surface area contributed by atoms with Crippen LogP contribution in [0.5, 0.6) is 0 Å². The molecule has 0 radical (unpaired) electrons. The number of hydrogen-bond acceptors (Lipinski definition) is 6.